The molecule has 1 fully saturated rings. The van der Waals surface area contributed by atoms with Crippen molar-refractivity contribution in [2.24, 2.45) is 0 Å². The van der Waals surface area contributed by atoms with Gasteiger partial charge in [0.15, 0.2) is 0 Å². The maximum absolute atomic E-state index is 2.54. The monoisotopic (exact) mass is 606 g/mol. The zero-order valence-corrected chi connectivity index (χ0v) is 30.0. The second kappa shape index (κ2) is 14.5. The Bertz CT molecular complexity index is 1150. The molecule has 5 heteroatoms. The Labute approximate surface area is 251 Å². The highest BCUT2D eigenvalue weighted by atomic mass is 31.1. The Morgan fingerprint density at radius 3 is 1.38 bits per heavy atom. The van der Waals surface area contributed by atoms with E-state index in [0.717, 1.165) is 0 Å². The minimum atomic E-state index is -1.21. The van der Waals surface area contributed by atoms with Crippen LogP contribution in [-0.2, 0) is 0 Å². The van der Waals surface area contributed by atoms with E-state index >= 15 is 0 Å². The third-order valence-corrected chi connectivity index (χ3v) is 20.6. The normalized spacial score (nSPS) is 15.4. The molecule has 216 valence electrons. The molecule has 0 aliphatic carbocycles. The molecule has 0 bridgehead atoms. The Morgan fingerprint density at radius 1 is 0.575 bits per heavy atom. The molecule has 0 radical (unpaired) electrons. The Kier molecular flexibility index (Phi) is 11.6. The molecule has 0 unspecified atom stereocenters. The van der Waals surface area contributed by atoms with Crippen LogP contribution in [0.2, 0.25) is 0 Å². The molecule has 0 atom stereocenters. The van der Waals surface area contributed by atoms with Crippen LogP contribution in [-0.4, -0.2) is 68.8 Å². The van der Waals surface area contributed by atoms with Crippen LogP contribution >= 0.6 is 23.8 Å². The van der Waals surface area contributed by atoms with Gasteiger partial charge in [0, 0.05) is 13.1 Å². The quantitative estimate of drug-likeness (QED) is 0.153. The van der Waals surface area contributed by atoms with Crippen molar-refractivity contribution in [1.82, 2.24) is 4.90 Å². The van der Waals surface area contributed by atoms with E-state index in [9.17, 15) is 0 Å². The number of rotatable bonds is 10. The van der Waals surface area contributed by atoms with Crippen LogP contribution in [0.1, 0.15) is 55.4 Å². The largest absolute Gasteiger partial charge is 0.306 e. The molecular formula is C35H51NP3Si-. The summed E-state index contributed by atoms with van der Waals surface area (Å²) in [6, 6.07) is 29.1. The minimum Gasteiger partial charge on any atom is -0.306 e. The highest BCUT2D eigenvalue weighted by molar-refractivity contribution is 7.69. The summed E-state index contributed by atoms with van der Waals surface area (Å²) < 4.78 is 0. The molecule has 40 heavy (non-hydrogen) atoms. The second-order valence-corrected chi connectivity index (χ2v) is 24.0. The number of hydrogen-bond donors (Lipinski definition) is 0. The summed E-state index contributed by atoms with van der Waals surface area (Å²) in [5, 5.41) is 10.0. The van der Waals surface area contributed by atoms with E-state index in [1.165, 1.54) is 25.4 Å². The molecule has 0 N–H and O–H groups in total. The van der Waals surface area contributed by atoms with Gasteiger partial charge in [-0.25, -0.2) is 8.80 Å². The fourth-order valence-electron chi connectivity index (χ4n) is 6.57. The van der Waals surface area contributed by atoms with Crippen LogP contribution in [0.5, 0.6) is 0 Å². The lowest BCUT2D eigenvalue weighted by Gasteiger charge is -2.44. The molecule has 0 amide bonds. The Morgan fingerprint density at radius 2 is 0.950 bits per heavy atom. The van der Waals surface area contributed by atoms with Gasteiger partial charge in [0.2, 0.25) is 0 Å². The molecule has 1 aliphatic heterocycles. The summed E-state index contributed by atoms with van der Waals surface area (Å²) in [6.07, 6.45) is 2.66. The Balaban J connectivity index is 2.02. The van der Waals surface area contributed by atoms with E-state index in [2.05, 4.69) is 140 Å². The van der Waals surface area contributed by atoms with E-state index in [1.807, 2.05) is 0 Å². The standard InChI is InChI=1S/C35H51NP3Si/c1-26(2)38(27(3)4)31-17-11-14-20-34(31)40(35-21-15-12-18-32(35)39(28(5)6)29(7)8)33-19-13-10-16-30(33)37-24-22-36(9)23-25-37/h10-21,26-29H,22-25H2,1-9H3/q-1. The minimum absolute atomic E-state index is 0.133. The lowest BCUT2D eigenvalue weighted by molar-refractivity contribution is 0.369. The SMILES string of the molecule is CC(C)P(c1ccccc1[Si-](c1ccccc1P1CCN(C)CC1)c1ccccc1P(C(C)C)C(C)C)C(C)C. The van der Waals surface area contributed by atoms with Crippen molar-refractivity contribution in [1.29, 1.82) is 0 Å². The van der Waals surface area contributed by atoms with Crippen LogP contribution in [0.15, 0.2) is 72.8 Å². The molecule has 1 nitrogen and oxygen atoms in total. The van der Waals surface area contributed by atoms with Crippen LogP contribution in [0.25, 0.3) is 0 Å². The zero-order valence-electron chi connectivity index (χ0n) is 26.4. The number of benzene rings is 3. The number of hydrogen-bond acceptors (Lipinski definition) is 1. The van der Waals surface area contributed by atoms with Crippen LogP contribution in [0.4, 0.5) is 0 Å². The summed E-state index contributed by atoms with van der Waals surface area (Å²) >= 11 is 0. The number of nitrogens with zero attached hydrogens (tertiary/aromatic N) is 1. The fourth-order valence-corrected chi connectivity index (χ4v) is 19.9. The first-order chi connectivity index (χ1) is 19.1. The highest BCUT2D eigenvalue weighted by Crippen LogP contribution is 2.46. The van der Waals surface area contributed by atoms with Gasteiger partial charge in [-0.15, -0.1) is 0 Å². The molecule has 0 saturated carbocycles. The average molecular weight is 607 g/mol. The maximum Gasteiger partial charge on any atom is 0.00208 e. The van der Waals surface area contributed by atoms with Crippen LogP contribution < -0.4 is 31.5 Å². The van der Waals surface area contributed by atoms with E-state index in [0.29, 0.717) is 22.6 Å². The van der Waals surface area contributed by atoms with Gasteiger partial charge in [-0.1, -0.05) is 168 Å². The van der Waals surface area contributed by atoms with Crippen molar-refractivity contribution in [3.05, 3.63) is 72.8 Å². The molecular weight excluding hydrogens is 555 g/mol. The molecule has 0 aromatic heterocycles. The van der Waals surface area contributed by atoms with Crippen molar-refractivity contribution in [2.75, 3.05) is 32.5 Å². The van der Waals surface area contributed by atoms with Crippen molar-refractivity contribution in [2.45, 2.75) is 78.0 Å². The maximum atomic E-state index is 2.54. The molecule has 3 aromatic rings. The first-order valence-electron chi connectivity index (χ1n) is 15.3. The highest BCUT2D eigenvalue weighted by Gasteiger charge is 2.26. The van der Waals surface area contributed by atoms with E-state index < -0.39 is 8.80 Å². The summed E-state index contributed by atoms with van der Waals surface area (Å²) in [5.74, 6) is 0. The van der Waals surface area contributed by atoms with Crippen molar-refractivity contribution in [3.63, 3.8) is 0 Å². The van der Waals surface area contributed by atoms with Gasteiger partial charge in [-0.3, -0.25) is 0 Å². The van der Waals surface area contributed by atoms with Crippen molar-refractivity contribution >= 4 is 64.0 Å². The average Bonchev–Trinajstić information content (AvgIpc) is 2.91. The van der Waals surface area contributed by atoms with Gasteiger partial charge in [-0.2, -0.15) is 15.6 Å². The smallest absolute Gasteiger partial charge is 0.00208 e. The predicted octanol–water partition coefficient (Wildman–Crippen LogP) is 6.10. The Hall–Kier alpha value is -0.873. The first kappa shape index (κ1) is 32.0. The van der Waals surface area contributed by atoms with Gasteiger partial charge in [0.25, 0.3) is 0 Å². The molecule has 4 rings (SSSR count). The van der Waals surface area contributed by atoms with Gasteiger partial charge in [-0.05, 0) is 42.0 Å². The molecule has 1 aliphatic rings. The van der Waals surface area contributed by atoms with E-state index in [1.54, 1.807) is 31.5 Å². The lowest BCUT2D eigenvalue weighted by atomic mass is 10.3. The molecule has 1 heterocycles. The van der Waals surface area contributed by atoms with Gasteiger partial charge in [0.05, 0.1) is 0 Å². The van der Waals surface area contributed by atoms with E-state index in [-0.39, 0.29) is 23.8 Å². The van der Waals surface area contributed by atoms with E-state index in [4.69, 9.17) is 0 Å². The topological polar surface area (TPSA) is 3.24 Å². The second-order valence-electron chi connectivity index (χ2n) is 12.4. The van der Waals surface area contributed by atoms with Crippen LogP contribution in [0.3, 0.4) is 0 Å². The lowest BCUT2D eigenvalue weighted by Crippen LogP contribution is -2.63. The van der Waals surface area contributed by atoms with Gasteiger partial charge < -0.3 is 4.90 Å². The third-order valence-electron chi connectivity index (χ3n) is 8.15. The molecule has 0 spiro atoms. The van der Waals surface area contributed by atoms with Gasteiger partial charge >= 0.3 is 0 Å². The zero-order chi connectivity index (χ0) is 29.0. The summed E-state index contributed by atoms with van der Waals surface area (Å²) in [4.78, 5) is 2.52. The molecule has 3 aromatic carbocycles. The summed E-state index contributed by atoms with van der Waals surface area (Å²) in [5.41, 5.74) is 2.69. The third kappa shape index (κ3) is 7.18. The van der Waals surface area contributed by atoms with Crippen molar-refractivity contribution < 1.29 is 0 Å². The van der Waals surface area contributed by atoms with Crippen LogP contribution in [0, 0.1) is 0 Å². The fraction of sp³-hybridized carbons (Fsp3) is 0.486. The van der Waals surface area contributed by atoms with Gasteiger partial charge in [0.1, 0.15) is 0 Å². The first-order valence-corrected chi connectivity index (χ1v) is 21.4. The summed E-state index contributed by atoms with van der Waals surface area (Å²) in [6.45, 7) is 22.1. The predicted molar refractivity (Wildman–Crippen MR) is 191 cm³/mol. The summed E-state index contributed by atoms with van der Waals surface area (Å²) in [7, 11) is 0.428. The molecule has 1 saturated heterocycles. The van der Waals surface area contributed by atoms with Crippen molar-refractivity contribution in [3.8, 4) is 0 Å².